The number of fused-ring (bicyclic) bond motifs is 1. The van der Waals surface area contributed by atoms with Gasteiger partial charge in [-0.15, -0.1) is 0 Å². The number of thiazole rings is 1. The van der Waals surface area contributed by atoms with Crippen molar-refractivity contribution in [2.75, 3.05) is 25.1 Å². The molecule has 0 aliphatic heterocycles. The standard InChI is InChI=1S/C16H15F3N4O4S/c1-21(13-14(23(25)26)22-6-7-28-15(22)20-13)8-10(24)9-27-12-5-3-2-4-11(12)16(17,18)19/h2-7,10,24H,8-9H2,1H3. The molecule has 0 aliphatic rings. The van der Waals surface area contributed by atoms with Gasteiger partial charge in [-0.3, -0.25) is 0 Å². The number of anilines is 1. The number of aliphatic hydroxyl groups is 1. The highest BCUT2D eigenvalue weighted by Crippen LogP contribution is 2.36. The van der Waals surface area contributed by atoms with Crippen LogP contribution in [0.3, 0.4) is 0 Å². The van der Waals surface area contributed by atoms with Gasteiger partial charge in [-0.2, -0.15) is 22.6 Å². The number of hydrogen-bond acceptors (Lipinski definition) is 7. The van der Waals surface area contributed by atoms with Gasteiger partial charge in [0.25, 0.3) is 4.96 Å². The SMILES string of the molecule is CN(CC(O)COc1ccccc1C(F)(F)F)c1nc2sccn2c1[N+](=O)[O-]. The molecule has 0 radical (unpaired) electrons. The number of halogens is 3. The van der Waals surface area contributed by atoms with Crippen molar-refractivity contribution in [3.05, 3.63) is 51.5 Å². The molecule has 2 heterocycles. The molecule has 2 aromatic heterocycles. The maximum absolute atomic E-state index is 13.0. The normalized spacial score (nSPS) is 12.9. The maximum Gasteiger partial charge on any atom is 0.419 e. The smallest absolute Gasteiger partial charge is 0.419 e. The molecule has 12 heteroatoms. The number of aromatic nitrogens is 2. The Hall–Kier alpha value is -2.86. The van der Waals surface area contributed by atoms with E-state index in [1.165, 1.54) is 46.0 Å². The molecule has 150 valence electrons. The summed E-state index contributed by atoms with van der Waals surface area (Å²) >= 11 is 1.21. The maximum atomic E-state index is 13.0. The second kappa shape index (κ2) is 7.64. The second-order valence-corrected chi connectivity index (χ2v) is 6.78. The lowest BCUT2D eigenvalue weighted by atomic mass is 10.2. The van der Waals surface area contributed by atoms with Crippen LogP contribution in [0.25, 0.3) is 4.96 Å². The first-order chi connectivity index (χ1) is 13.2. The highest BCUT2D eigenvalue weighted by molar-refractivity contribution is 7.15. The Morgan fingerprint density at radius 3 is 2.82 bits per heavy atom. The summed E-state index contributed by atoms with van der Waals surface area (Å²) in [5.74, 6) is -0.605. The number of nitro groups is 1. The molecule has 0 amide bonds. The quantitative estimate of drug-likeness (QED) is 0.470. The Labute approximate surface area is 160 Å². The molecule has 3 rings (SSSR count). The lowest BCUT2D eigenvalue weighted by Crippen LogP contribution is -2.33. The van der Waals surface area contributed by atoms with Crippen LogP contribution in [0, 0.1) is 10.1 Å². The third-order valence-corrected chi connectivity index (χ3v) is 4.62. The van der Waals surface area contributed by atoms with E-state index < -0.39 is 35.1 Å². The van der Waals surface area contributed by atoms with Gasteiger partial charge in [0.2, 0.25) is 5.82 Å². The van der Waals surface area contributed by atoms with Crippen LogP contribution in [-0.2, 0) is 6.18 Å². The molecule has 0 saturated carbocycles. The van der Waals surface area contributed by atoms with Gasteiger partial charge in [-0.25, -0.2) is 0 Å². The van der Waals surface area contributed by atoms with E-state index in [1.54, 1.807) is 5.38 Å². The molecular formula is C16H15F3N4O4S. The van der Waals surface area contributed by atoms with Crippen molar-refractivity contribution >= 4 is 27.9 Å². The second-order valence-electron chi connectivity index (χ2n) is 5.91. The minimum atomic E-state index is -4.58. The number of rotatable bonds is 7. The first kappa shape index (κ1) is 19.9. The van der Waals surface area contributed by atoms with Crippen molar-refractivity contribution in [2.24, 2.45) is 0 Å². The van der Waals surface area contributed by atoms with Crippen LogP contribution in [0.15, 0.2) is 35.8 Å². The monoisotopic (exact) mass is 416 g/mol. The summed E-state index contributed by atoms with van der Waals surface area (Å²) < 4.78 is 45.4. The molecule has 8 nitrogen and oxygen atoms in total. The predicted molar refractivity (Wildman–Crippen MR) is 95.9 cm³/mol. The number of benzene rings is 1. The van der Waals surface area contributed by atoms with E-state index >= 15 is 0 Å². The molecule has 28 heavy (non-hydrogen) atoms. The van der Waals surface area contributed by atoms with Gasteiger partial charge in [0.15, 0.2) is 0 Å². The summed E-state index contributed by atoms with van der Waals surface area (Å²) in [7, 11) is 1.49. The summed E-state index contributed by atoms with van der Waals surface area (Å²) in [4.78, 5) is 16.7. The van der Waals surface area contributed by atoms with Gasteiger partial charge in [0, 0.05) is 19.0 Å². The third kappa shape index (κ3) is 4.02. The van der Waals surface area contributed by atoms with E-state index in [9.17, 15) is 28.4 Å². The fourth-order valence-corrected chi connectivity index (χ4v) is 3.36. The zero-order valence-electron chi connectivity index (χ0n) is 14.5. The van der Waals surface area contributed by atoms with E-state index in [0.717, 1.165) is 12.1 Å². The number of hydrogen-bond donors (Lipinski definition) is 1. The number of para-hydroxylation sites is 1. The zero-order chi connectivity index (χ0) is 20.5. The van der Waals surface area contributed by atoms with Gasteiger partial charge in [-0.05, 0) is 17.1 Å². The Kier molecular flexibility index (Phi) is 5.42. The number of imidazole rings is 1. The van der Waals surface area contributed by atoms with Crippen molar-refractivity contribution < 1.29 is 27.9 Å². The number of nitrogens with zero attached hydrogens (tertiary/aromatic N) is 4. The van der Waals surface area contributed by atoms with Gasteiger partial charge < -0.3 is 24.9 Å². The van der Waals surface area contributed by atoms with Crippen LogP contribution >= 0.6 is 11.3 Å². The summed E-state index contributed by atoms with van der Waals surface area (Å²) in [6.45, 7) is -0.548. The van der Waals surface area contributed by atoms with Gasteiger partial charge >= 0.3 is 12.0 Å². The molecule has 0 bridgehead atoms. The van der Waals surface area contributed by atoms with E-state index in [1.807, 2.05) is 0 Å². The molecule has 0 saturated heterocycles. The van der Waals surface area contributed by atoms with Crippen molar-refractivity contribution in [1.29, 1.82) is 0 Å². The minimum Gasteiger partial charge on any atom is -0.490 e. The van der Waals surface area contributed by atoms with E-state index in [2.05, 4.69) is 4.98 Å². The van der Waals surface area contributed by atoms with Crippen LogP contribution in [0.5, 0.6) is 5.75 Å². The third-order valence-electron chi connectivity index (χ3n) is 3.86. The van der Waals surface area contributed by atoms with Gasteiger partial charge in [0.1, 0.15) is 24.7 Å². The largest absolute Gasteiger partial charge is 0.490 e. The topological polar surface area (TPSA) is 93.1 Å². The first-order valence-electron chi connectivity index (χ1n) is 7.96. The van der Waals surface area contributed by atoms with E-state index in [4.69, 9.17) is 4.74 Å². The van der Waals surface area contributed by atoms with Gasteiger partial charge in [-0.1, -0.05) is 23.5 Å². The number of alkyl halides is 3. The molecular weight excluding hydrogens is 401 g/mol. The number of likely N-dealkylation sites (N-methyl/N-ethyl adjacent to an activating group) is 1. The highest BCUT2D eigenvalue weighted by Gasteiger charge is 2.34. The minimum absolute atomic E-state index is 0.0478. The summed E-state index contributed by atoms with van der Waals surface area (Å²) in [5.41, 5.74) is -0.944. The lowest BCUT2D eigenvalue weighted by Gasteiger charge is -2.21. The molecule has 0 fully saturated rings. The van der Waals surface area contributed by atoms with Crippen molar-refractivity contribution in [3.63, 3.8) is 0 Å². The first-order valence-corrected chi connectivity index (χ1v) is 8.84. The molecule has 3 aromatic rings. The van der Waals surface area contributed by atoms with E-state index in [-0.39, 0.29) is 18.2 Å². The molecule has 1 N–H and O–H groups in total. The van der Waals surface area contributed by atoms with E-state index in [0.29, 0.717) is 4.96 Å². The van der Waals surface area contributed by atoms with Crippen LogP contribution in [0.4, 0.5) is 24.8 Å². The number of ether oxygens (including phenoxy) is 1. The Morgan fingerprint density at radius 1 is 1.43 bits per heavy atom. The van der Waals surface area contributed by atoms with Crippen LogP contribution in [-0.4, -0.2) is 45.7 Å². The average molecular weight is 416 g/mol. The Bertz CT molecular complexity index is 988. The summed E-state index contributed by atoms with van der Waals surface area (Å²) in [6.07, 6.45) is -4.28. The van der Waals surface area contributed by atoms with Crippen molar-refractivity contribution in [1.82, 2.24) is 9.38 Å². The lowest BCUT2D eigenvalue weighted by molar-refractivity contribution is -0.389. The van der Waals surface area contributed by atoms with Crippen molar-refractivity contribution in [2.45, 2.75) is 12.3 Å². The predicted octanol–water partition coefficient (Wildman–Crippen LogP) is 3.20. The van der Waals surface area contributed by atoms with Crippen molar-refractivity contribution in [3.8, 4) is 5.75 Å². The number of aliphatic hydroxyl groups excluding tert-OH is 1. The molecule has 0 aliphatic carbocycles. The summed E-state index contributed by atoms with van der Waals surface area (Å²) in [5, 5.41) is 23.2. The molecule has 0 spiro atoms. The Morgan fingerprint density at radius 2 is 2.14 bits per heavy atom. The molecule has 1 unspecified atom stereocenters. The molecule has 1 aromatic carbocycles. The van der Waals surface area contributed by atoms with Crippen LogP contribution in [0.1, 0.15) is 5.56 Å². The summed E-state index contributed by atoms with van der Waals surface area (Å²) in [6, 6.07) is 4.68. The van der Waals surface area contributed by atoms with Crippen LogP contribution < -0.4 is 9.64 Å². The fraction of sp³-hybridized carbons (Fsp3) is 0.312. The van der Waals surface area contributed by atoms with Gasteiger partial charge in [0.05, 0.1) is 5.56 Å². The average Bonchev–Trinajstić information content (AvgIpc) is 3.19. The zero-order valence-corrected chi connectivity index (χ0v) is 15.3. The highest BCUT2D eigenvalue weighted by atomic mass is 32.1. The Balaban J connectivity index is 1.69. The molecule has 1 atom stereocenters. The fourth-order valence-electron chi connectivity index (χ4n) is 2.66. The van der Waals surface area contributed by atoms with Crippen LogP contribution in [0.2, 0.25) is 0 Å².